The Morgan fingerprint density at radius 2 is 0.977 bits per heavy atom. The van der Waals surface area contributed by atoms with Gasteiger partial charge in [0.15, 0.2) is 12.6 Å². The third-order valence-electron chi connectivity index (χ3n) is 9.73. The van der Waals surface area contributed by atoms with Crippen LogP contribution in [0.5, 0.6) is 0 Å². The number of hydrogen-bond donors (Lipinski definition) is 10. The lowest BCUT2D eigenvalue weighted by molar-refractivity contribution is -0.318. The van der Waals surface area contributed by atoms with Gasteiger partial charge in [0.25, 0.3) is 0 Å². The van der Waals surface area contributed by atoms with Crippen LogP contribution >= 0.6 is 0 Å². The van der Waals surface area contributed by atoms with E-state index in [0.29, 0.717) is 11.1 Å². The summed E-state index contributed by atoms with van der Waals surface area (Å²) < 4.78 is 22.8. The minimum Gasteiger partial charge on any atom is -0.394 e. The van der Waals surface area contributed by atoms with E-state index in [9.17, 15) is 61.6 Å². The molecular formula is C28H38N2O14. The summed E-state index contributed by atoms with van der Waals surface area (Å²) in [6.07, 6.45) is -17.7. The van der Waals surface area contributed by atoms with Crippen LogP contribution in [0.3, 0.4) is 0 Å². The van der Waals surface area contributed by atoms with E-state index in [-0.39, 0.29) is 12.8 Å². The molecule has 16 nitrogen and oxygen atoms in total. The average Bonchev–Trinajstić information content (AvgIpc) is 2.98. The second kappa shape index (κ2) is 13.3. The third-order valence-corrected chi connectivity index (χ3v) is 9.73. The molecule has 10 N–H and O–H groups in total. The number of rotatable bonds is 6. The summed E-state index contributed by atoms with van der Waals surface area (Å²) in [5.41, 5.74) is 0.759. The fourth-order valence-electron chi connectivity index (χ4n) is 7.59. The molecule has 0 aromatic heterocycles. The highest BCUT2D eigenvalue weighted by Gasteiger charge is 2.65. The molecule has 5 rings (SSSR count). The number of hydrogen-bond acceptors (Lipinski definition) is 16. The first-order valence-electron chi connectivity index (χ1n) is 14.5. The number of fused-ring (bicyclic) bond motifs is 4. The smallest absolute Gasteiger partial charge is 0.187 e. The number of aliphatic hydroxyl groups is 10. The van der Waals surface area contributed by atoms with Crippen LogP contribution in [-0.2, 0) is 18.9 Å². The first-order valence-corrected chi connectivity index (χ1v) is 14.5. The van der Waals surface area contributed by atoms with E-state index in [1.807, 2.05) is 12.1 Å². The Kier molecular flexibility index (Phi) is 10.1. The fourth-order valence-corrected chi connectivity index (χ4v) is 7.59. The molecule has 0 aromatic rings. The molecule has 0 bridgehead atoms. The van der Waals surface area contributed by atoms with Crippen molar-refractivity contribution in [3.8, 4) is 12.1 Å². The van der Waals surface area contributed by atoms with Crippen molar-refractivity contribution in [1.29, 1.82) is 10.5 Å². The lowest BCUT2D eigenvalue weighted by Gasteiger charge is -2.63. The summed E-state index contributed by atoms with van der Waals surface area (Å²) in [6.45, 7) is -1.36. The Hall–Kier alpha value is -2.10. The molecule has 14 atom stereocenters. The molecule has 3 aliphatic carbocycles. The highest BCUT2D eigenvalue weighted by Crippen LogP contribution is 2.63. The molecule has 0 spiro atoms. The van der Waals surface area contributed by atoms with Crippen LogP contribution in [-0.4, -0.2) is 150 Å². The topological polar surface area (TPSA) is 287 Å². The van der Waals surface area contributed by atoms with Gasteiger partial charge in [0, 0.05) is 25.0 Å². The summed E-state index contributed by atoms with van der Waals surface area (Å²) in [5.74, 6) is -2.48. The maximum absolute atomic E-state index is 11.3. The van der Waals surface area contributed by atoms with Gasteiger partial charge in [-0.2, -0.15) is 10.5 Å². The number of nitriles is 2. The van der Waals surface area contributed by atoms with E-state index in [1.54, 1.807) is 0 Å². The lowest BCUT2D eigenvalue weighted by atomic mass is 9.43. The molecule has 2 heterocycles. The van der Waals surface area contributed by atoms with E-state index in [4.69, 9.17) is 18.9 Å². The van der Waals surface area contributed by atoms with Gasteiger partial charge in [0.1, 0.15) is 48.8 Å². The summed E-state index contributed by atoms with van der Waals surface area (Å²) in [6, 6.07) is 3.89. The predicted octanol–water partition coefficient (Wildman–Crippen LogP) is -4.74. The molecule has 0 aromatic carbocycles. The fraction of sp³-hybridized carbons (Fsp3) is 0.786. The Bertz CT molecular complexity index is 1090. The highest BCUT2D eigenvalue weighted by molar-refractivity contribution is 5.38. The standard InChI is InChI=1S/C28H38N2O14/c29-3-1-9-13(41-27-25(39)23(37)21(35)15(7-31)43-27)5-11(33)19-17(9)20-12(34)6-14(10(2-4-30)18(19)20)42-28-26(40)24(38)22(36)16(8-32)44-28/h1-2,11-28,31-40H,5-8H2/b9-1+,10-2+/t11-,12-,13+,14+,15-,16-,17?,18?,19?,20?,21-,22-,23+,24+,25-,26-,27+,28+/m1/s1. The molecule has 244 valence electrons. The lowest BCUT2D eigenvalue weighted by Crippen LogP contribution is -2.66. The molecule has 3 saturated carbocycles. The normalized spacial score (nSPS) is 52.4. The quantitative estimate of drug-likeness (QED) is 0.124. The van der Waals surface area contributed by atoms with Gasteiger partial charge in [-0.3, -0.25) is 0 Å². The van der Waals surface area contributed by atoms with Crippen molar-refractivity contribution in [2.24, 2.45) is 23.7 Å². The van der Waals surface area contributed by atoms with Crippen molar-refractivity contribution in [2.45, 2.75) is 98.7 Å². The van der Waals surface area contributed by atoms with Crippen LogP contribution in [0.25, 0.3) is 0 Å². The first kappa shape index (κ1) is 33.3. The Balaban J connectivity index is 1.38. The van der Waals surface area contributed by atoms with Crippen LogP contribution in [0.15, 0.2) is 23.3 Å². The third kappa shape index (κ3) is 5.59. The van der Waals surface area contributed by atoms with E-state index < -0.39 is 123 Å². The Labute approximate surface area is 251 Å². The molecule has 0 amide bonds. The van der Waals surface area contributed by atoms with Crippen LogP contribution < -0.4 is 0 Å². The van der Waals surface area contributed by atoms with Gasteiger partial charge in [-0.05, 0) is 34.8 Å². The zero-order chi connectivity index (χ0) is 32.0. The van der Waals surface area contributed by atoms with E-state index >= 15 is 0 Å². The molecule has 0 unspecified atom stereocenters. The van der Waals surface area contributed by atoms with Crippen LogP contribution in [0, 0.1) is 46.3 Å². The van der Waals surface area contributed by atoms with Crippen molar-refractivity contribution in [1.82, 2.24) is 0 Å². The first-order chi connectivity index (χ1) is 21.0. The zero-order valence-corrected chi connectivity index (χ0v) is 23.4. The molecule has 16 heteroatoms. The van der Waals surface area contributed by atoms with Crippen molar-refractivity contribution in [3.05, 3.63) is 23.3 Å². The Morgan fingerprint density at radius 3 is 1.30 bits per heavy atom. The summed E-state index contributed by atoms with van der Waals surface area (Å²) >= 11 is 0. The largest absolute Gasteiger partial charge is 0.394 e. The highest BCUT2D eigenvalue weighted by atomic mass is 16.7. The van der Waals surface area contributed by atoms with E-state index in [1.165, 1.54) is 12.2 Å². The number of aliphatic hydroxyl groups excluding tert-OH is 10. The van der Waals surface area contributed by atoms with Gasteiger partial charge in [0.2, 0.25) is 0 Å². The maximum atomic E-state index is 11.3. The minimum absolute atomic E-state index is 0.110. The SMILES string of the molecule is N#C/C=C1/C2C(C3/C(=C/C#N)[C@@H](O[C@H]4O[C@H](CO)[C@@H](O)[C@H](O)[C@H]4O)C[C@@H](O)C23)[C@H](O)C[C@@H]1O[C@H]1O[C@H](CO)[C@@H](O)[C@H](O)[C@H]1O. The number of nitrogens with zero attached hydrogens (tertiary/aromatic N) is 2. The van der Waals surface area contributed by atoms with Crippen molar-refractivity contribution in [3.63, 3.8) is 0 Å². The van der Waals surface area contributed by atoms with Gasteiger partial charge in [-0.15, -0.1) is 0 Å². The van der Waals surface area contributed by atoms with Crippen molar-refractivity contribution >= 4 is 0 Å². The van der Waals surface area contributed by atoms with Crippen molar-refractivity contribution < 1.29 is 70.0 Å². The van der Waals surface area contributed by atoms with Gasteiger partial charge in [0.05, 0.1) is 49.8 Å². The van der Waals surface area contributed by atoms with Crippen LogP contribution in [0.2, 0.25) is 0 Å². The molecule has 44 heavy (non-hydrogen) atoms. The average molecular weight is 627 g/mol. The second-order valence-corrected chi connectivity index (χ2v) is 12.0. The summed E-state index contributed by atoms with van der Waals surface area (Å²) in [5, 5.41) is 122. The molecule has 5 aliphatic rings. The van der Waals surface area contributed by atoms with Crippen molar-refractivity contribution in [2.75, 3.05) is 13.2 Å². The maximum Gasteiger partial charge on any atom is 0.187 e. The number of allylic oxidation sites excluding steroid dienone is 2. The van der Waals surface area contributed by atoms with Gasteiger partial charge < -0.3 is 70.0 Å². The second-order valence-electron chi connectivity index (χ2n) is 12.0. The van der Waals surface area contributed by atoms with Crippen LogP contribution in [0.4, 0.5) is 0 Å². The van der Waals surface area contributed by atoms with Gasteiger partial charge in [-0.25, -0.2) is 0 Å². The monoisotopic (exact) mass is 626 g/mol. The zero-order valence-electron chi connectivity index (χ0n) is 23.4. The summed E-state index contributed by atoms with van der Waals surface area (Å²) in [7, 11) is 0. The minimum atomic E-state index is -1.72. The molecule has 2 aliphatic heterocycles. The Morgan fingerprint density at radius 1 is 0.614 bits per heavy atom. The van der Waals surface area contributed by atoms with Gasteiger partial charge >= 0.3 is 0 Å². The molecular weight excluding hydrogens is 588 g/mol. The van der Waals surface area contributed by atoms with Gasteiger partial charge in [-0.1, -0.05) is 0 Å². The predicted molar refractivity (Wildman–Crippen MR) is 140 cm³/mol. The number of ether oxygens (including phenoxy) is 4. The van der Waals surface area contributed by atoms with Crippen LogP contribution in [0.1, 0.15) is 12.8 Å². The molecule has 5 fully saturated rings. The molecule has 0 radical (unpaired) electrons. The van der Waals surface area contributed by atoms with E-state index in [0.717, 1.165) is 0 Å². The molecule has 2 saturated heterocycles. The summed E-state index contributed by atoms with van der Waals surface area (Å²) in [4.78, 5) is 0. The van der Waals surface area contributed by atoms with E-state index in [2.05, 4.69) is 0 Å².